The number of rotatable bonds is 4. The van der Waals surface area contributed by atoms with E-state index in [9.17, 15) is 16.8 Å². The lowest BCUT2D eigenvalue weighted by atomic mass is 9.97. The average molecular weight is 429 g/mol. The molecule has 0 amide bonds. The molecule has 2 aliphatic carbocycles. The molecule has 25 heavy (non-hydrogen) atoms. The minimum Gasteiger partial charge on any atom is -0.264 e. The molecule has 0 atom stereocenters. The van der Waals surface area contributed by atoms with Crippen LogP contribution in [0, 0.1) is 0 Å². The molecule has 0 heterocycles. The van der Waals surface area contributed by atoms with Crippen molar-refractivity contribution >= 4 is 32.4 Å². The van der Waals surface area contributed by atoms with Crippen molar-refractivity contribution in [3.8, 4) is 0 Å². The molecule has 10 nitrogen and oxygen atoms in total. The van der Waals surface area contributed by atoms with Crippen molar-refractivity contribution < 1.29 is 42.7 Å². The van der Waals surface area contributed by atoms with Crippen LogP contribution in [-0.4, -0.2) is 46.6 Å². The number of hydrogen-bond donors (Lipinski definition) is 2. The van der Waals surface area contributed by atoms with Crippen LogP contribution in [-0.2, 0) is 40.7 Å². The molecular formula is C12H28O10S3. The largest absolute Gasteiger partial charge is 0.397 e. The number of hydrogen-bond acceptors (Lipinski definition) is 8. The first kappa shape index (κ1) is 29.3. The molecule has 2 fully saturated rings. The van der Waals surface area contributed by atoms with Crippen LogP contribution in [0.4, 0.5) is 0 Å². The van der Waals surface area contributed by atoms with Crippen LogP contribution in [0.1, 0.15) is 66.2 Å². The van der Waals surface area contributed by atoms with Gasteiger partial charge in [-0.1, -0.05) is 27.7 Å². The summed E-state index contributed by atoms with van der Waals surface area (Å²) in [6.45, 7) is 8.00. The first-order valence-electron chi connectivity index (χ1n) is 7.80. The van der Waals surface area contributed by atoms with Gasteiger partial charge >= 0.3 is 32.4 Å². The van der Waals surface area contributed by atoms with E-state index in [0.717, 1.165) is 38.5 Å². The summed E-state index contributed by atoms with van der Waals surface area (Å²) in [6, 6.07) is 0. The van der Waals surface area contributed by atoms with Crippen molar-refractivity contribution in [2.75, 3.05) is 0 Å². The SMILES string of the molecule is CC.CC.O=S(=O)(O)OC1CCC1.O=S(=O)(O)OC1CCC1.O=S=O. The Morgan fingerprint density at radius 3 is 0.960 bits per heavy atom. The Kier molecular flexibility index (Phi) is 19.9. The molecule has 13 heteroatoms. The quantitative estimate of drug-likeness (QED) is 0.634. The lowest BCUT2D eigenvalue weighted by molar-refractivity contribution is 0.110. The highest BCUT2D eigenvalue weighted by Crippen LogP contribution is 2.23. The first-order chi connectivity index (χ1) is 11.6. The summed E-state index contributed by atoms with van der Waals surface area (Å²) < 4.78 is 81.1. The molecule has 0 unspecified atom stereocenters. The van der Waals surface area contributed by atoms with E-state index >= 15 is 0 Å². The topological polar surface area (TPSA) is 161 Å². The van der Waals surface area contributed by atoms with E-state index in [1.807, 2.05) is 27.7 Å². The van der Waals surface area contributed by atoms with Crippen LogP contribution in [0.25, 0.3) is 0 Å². The van der Waals surface area contributed by atoms with Gasteiger partial charge in [-0.25, -0.2) is 8.37 Å². The van der Waals surface area contributed by atoms with E-state index in [0.29, 0.717) is 0 Å². The Labute approximate surface area is 153 Å². The highest BCUT2D eigenvalue weighted by Gasteiger charge is 2.23. The molecule has 0 saturated heterocycles. The van der Waals surface area contributed by atoms with Crippen molar-refractivity contribution in [2.24, 2.45) is 0 Å². The minimum absolute atomic E-state index is 0.264. The van der Waals surface area contributed by atoms with Gasteiger partial charge < -0.3 is 0 Å². The van der Waals surface area contributed by atoms with Gasteiger partial charge in [0.15, 0.2) is 0 Å². The standard InChI is InChI=1S/2C4H8O4S.2C2H6.O2S/c2*5-9(6,7)8-4-2-1-3-4;2*1-2;1-3-2/h2*4H,1-3H2,(H,5,6,7);2*1-2H3;. The van der Waals surface area contributed by atoms with E-state index in [1.165, 1.54) is 0 Å². The van der Waals surface area contributed by atoms with Gasteiger partial charge in [0, 0.05) is 0 Å². The molecule has 0 aromatic rings. The predicted octanol–water partition coefficient (Wildman–Crippen LogP) is 2.10. The molecule has 0 spiro atoms. The zero-order valence-corrected chi connectivity index (χ0v) is 17.2. The maximum atomic E-state index is 9.97. The second kappa shape index (κ2) is 17.0. The highest BCUT2D eigenvalue weighted by atomic mass is 32.3. The Morgan fingerprint density at radius 1 is 0.720 bits per heavy atom. The normalized spacial score (nSPS) is 16.4. The van der Waals surface area contributed by atoms with Crippen LogP contribution in [0.15, 0.2) is 0 Å². The van der Waals surface area contributed by atoms with Crippen molar-refractivity contribution in [1.29, 1.82) is 0 Å². The van der Waals surface area contributed by atoms with Gasteiger partial charge in [-0.3, -0.25) is 9.11 Å². The molecule has 2 rings (SSSR count). The summed E-state index contributed by atoms with van der Waals surface area (Å²) in [5, 5.41) is 0. The maximum absolute atomic E-state index is 9.97. The van der Waals surface area contributed by atoms with E-state index < -0.39 is 32.4 Å². The lowest BCUT2D eigenvalue weighted by Crippen LogP contribution is -2.24. The summed E-state index contributed by atoms with van der Waals surface area (Å²) >= 11 is -0.750. The zero-order valence-electron chi connectivity index (χ0n) is 14.8. The highest BCUT2D eigenvalue weighted by molar-refractivity contribution is 7.81. The second-order valence-corrected chi connectivity index (χ2v) is 6.45. The van der Waals surface area contributed by atoms with Crippen molar-refractivity contribution in [1.82, 2.24) is 0 Å². The molecular weight excluding hydrogens is 400 g/mol. The molecule has 154 valence electrons. The molecule has 0 bridgehead atoms. The fourth-order valence-electron chi connectivity index (χ4n) is 1.28. The molecule has 0 aromatic heterocycles. The summed E-state index contributed by atoms with van der Waals surface area (Å²) in [5.41, 5.74) is 0. The molecule has 0 aromatic carbocycles. The van der Waals surface area contributed by atoms with E-state index in [4.69, 9.17) is 17.5 Å². The first-order valence-corrected chi connectivity index (χ1v) is 11.2. The van der Waals surface area contributed by atoms with Gasteiger partial charge in [0.1, 0.15) is 0 Å². The van der Waals surface area contributed by atoms with Crippen LogP contribution in [0.5, 0.6) is 0 Å². The third kappa shape index (κ3) is 23.6. The van der Waals surface area contributed by atoms with Crippen molar-refractivity contribution in [3.63, 3.8) is 0 Å². The molecule has 0 aliphatic heterocycles. The molecule has 2 aliphatic rings. The molecule has 2 saturated carbocycles. The third-order valence-electron chi connectivity index (χ3n) is 2.62. The van der Waals surface area contributed by atoms with Gasteiger partial charge in [0.05, 0.1) is 12.2 Å². The smallest absolute Gasteiger partial charge is 0.264 e. The second-order valence-electron chi connectivity index (χ2n) is 4.22. The fourth-order valence-corrected chi connectivity index (χ4v) is 2.35. The van der Waals surface area contributed by atoms with Crippen LogP contribution in [0.2, 0.25) is 0 Å². The Morgan fingerprint density at radius 2 is 0.920 bits per heavy atom. The van der Waals surface area contributed by atoms with Gasteiger partial charge in [0.25, 0.3) is 0 Å². The van der Waals surface area contributed by atoms with Gasteiger partial charge in [-0.15, -0.1) is 0 Å². The van der Waals surface area contributed by atoms with E-state index in [2.05, 4.69) is 8.37 Å². The Bertz CT molecular complexity index is 485. The fraction of sp³-hybridized carbons (Fsp3) is 1.00. The van der Waals surface area contributed by atoms with Crippen LogP contribution in [0.3, 0.4) is 0 Å². The van der Waals surface area contributed by atoms with Gasteiger partial charge in [0.2, 0.25) is 0 Å². The zero-order chi connectivity index (χ0) is 20.5. The Hall–Kier alpha value is -0.440. The van der Waals surface area contributed by atoms with Gasteiger partial charge in [-0.2, -0.15) is 25.3 Å². The van der Waals surface area contributed by atoms with Crippen LogP contribution >= 0.6 is 0 Å². The minimum atomic E-state index is -4.18. The van der Waals surface area contributed by atoms with Crippen LogP contribution < -0.4 is 0 Å². The average Bonchev–Trinajstić information content (AvgIpc) is 2.43. The third-order valence-corrected chi connectivity index (χ3v) is 3.65. The van der Waals surface area contributed by atoms with E-state index in [-0.39, 0.29) is 12.2 Å². The molecule has 2 N–H and O–H groups in total. The summed E-state index contributed by atoms with van der Waals surface area (Å²) in [4.78, 5) is 0. The molecule has 0 radical (unpaired) electrons. The summed E-state index contributed by atoms with van der Waals surface area (Å²) in [6.07, 6.45) is 4.39. The van der Waals surface area contributed by atoms with Gasteiger partial charge in [-0.05, 0) is 38.5 Å². The van der Waals surface area contributed by atoms with E-state index in [1.54, 1.807) is 0 Å². The van der Waals surface area contributed by atoms with Crippen molar-refractivity contribution in [2.45, 2.75) is 78.4 Å². The van der Waals surface area contributed by atoms with Crippen molar-refractivity contribution in [3.05, 3.63) is 0 Å². The monoisotopic (exact) mass is 428 g/mol. The lowest BCUT2D eigenvalue weighted by Gasteiger charge is -2.22. The Balaban J connectivity index is -0.000000287. The maximum Gasteiger partial charge on any atom is 0.397 e. The summed E-state index contributed by atoms with van der Waals surface area (Å²) in [7, 11) is -8.37. The summed E-state index contributed by atoms with van der Waals surface area (Å²) in [5.74, 6) is 0. The predicted molar refractivity (Wildman–Crippen MR) is 92.2 cm³/mol.